The zero-order chi connectivity index (χ0) is 16.5. The van der Waals surface area contributed by atoms with E-state index in [1.54, 1.807) is 0 Å². The van der Waals surface area contributed by atoms with Crippen molar-refractivity contribution < 1.29 is 21.6 Å². The van der Waals surface area contributed by atoms with Crippen molar-refractivity contribution in [2.24, 2.45) is 11.3 Å². The first kappa shape index (κ1) is 18.5. The lowest BCUT2D eigenvalue weighted by molar-refractivity contribution is -0.139. The Morgan fingerprint density at radius 3 is 2.10 bits per heavy atom. The molecule has 1 unspecified atom stereocenters. The fraction of sp³-hybridized carbons (Fsp3) is 0.571. The SMILES string of the molecule is CC(C)(C)C(CBr)CS(=O)(=O)c1ccccc1C(F)(F)F. The molecule has 120 valence electrons. The van der Waals surface area contributed by atoms with Crippen LogP contribution in [0.5, 0.6) is 0 Å². The Kier molecular flexibility index (Phi) is 5.53. The lowest BCUT2D eigenvalue weighted by atomic mass is 9.83. The summed E-state index contributed by atoms with van der Waals surface area (Å²) in [6.45, 7) is 5.60. The topological polar surface area (TPSA) is 34.1 Å². The van der Waals surface area contributed by atoms with Crippen LogP contribution in [0.25, 0.3) is 0 Å². The first-order chi connectivity index (χ1) is 9.39. The summed E-state index contributed by atoms with van der Waals surface area (Å²) in [5.41, 5.74) is -1.43. The molecule has 0 saturated heterocycles. The predicted molar refractivity (Wildman–Crippen MR) is 80.2 cm³/mol. The number of sulfone groups is 1. The van der Waals surface area contributed by atoms with E-state index in [2.05, 4.69) is 15.9 Å². The smallest absolute Gasteiger partial charge is 0.224 e. The number of hydrogen-bond acceptors (Lipinski definition) is 2. The van der Waals surface area contributed by atoms with Gasteiger partial charge in [-0.15, -0.1) is 0 Å². The molecule has 0 bridgehead atoms. The largest absolute Gasteiger partial charge is 0.417 e. The highest BCUT2D eigenvalue weighted by Crippen LogP contribution is 2.36. The van der Waals surface area contributed by atoms with E-state index < -0.39 is 26.5 Å². The fourth-order valence-corrected chi connectivity index (χ4v) is 5.49. The summed E-state index contributed by atoms with van der Waals surface area (Å²) in [5, 5.41) is 0.407. The van der Waals surface area contributed by atoms with Crippen LogP contribution in [-0.2, 0) is 16.0 Å². The summed E-state index contributed by atoms with van der Waals surface area (Å²) in [7, 11) is -4.02. The second-order valence-electron chi connectivity index (χ2n) is 5.99. The molecule has 0 aromatic heterocycles. The Labute approximate surface area is 131 Å². The van der Waals surface area contributed by atoms with E-state index in [-0.39, 0.29) is 17.1 Å². The maximum absolute atomic E-state index is 13.0. The molecule has 0 saturated carbocycles. The molecule has 0 spiro atoms. The van der Waals surface area contributed by atoms with E-state index in [0.717, 1.165) is 12.1 Å². The van der Waals surface area contributed by atoms with Gasteiger partial charge in [0.15, 0.2) is 9.84 Å². The molecule has 1 aromatic rings. The molecular formula is C14H18BrF3O2S. The van der Waals surface area contributed by atoms with Gasteiger partial charge < -0.3 is 0 Å². The van der Waals surface area contributed by atoms with Gasteiger partial charge in [0.05, 0.1) is 16.2 Å². The highest BCUT2D eigenvalue weighted by molar-refractivity contribution is 9.09. The second-order valence-corrected chi connectivity index (χ2v) is 8.64. The van der Waals surface area contributed by atoms with E-state index in [1.165, 1.54) is 12.1 Å². The van der Waals surface area contributed by atoms with Crippen LogP contribution in [0.1, 0.15) is 26.3 Å². The van der Waals surface area contributed by atoms with Crippen molar-refractivity contribution >= 4 is 25.8 Å². The molecule has 0 aliphatic heterocycles. The molecule has 0 fully saturated rings. The van der Waals surface area contributed by atoms with Crippen LogP contribution in [-0.4, -0.2) is 19.5 Å². The van der Waals surface area contributed by atoms with Crippen molar-refractivity contribution in [3.63, 3.8) is 0 Å². The molecule has 0 heterocycles. The van der Waals surface area contributed by atoms with Gasteiger partial charge in [-0.1, -0.05) is 48.8 Å². The summed E-state index contributed by atoms with van der Waals surface area (Å²) < 4.78 is 63.7. The van der Waals surface area contributed by atoms with Gasteiger partial charge >= 0.3 is 6.18 Å². The standard InChI is InChI=1S/C14H18BrF3O2S/c1-13(2,3)10(8-15)9-21(19,20)12-7-5-4-6-11(12)14(16,17)18/h4-7,10H,8-9H2,1-3H3. The average Bonchev–Trinajstić information content (AvgIpc) is 2.33. The predicted octanol–water partition coefficient (Wildman–Crippen LogP) is 4.54. The number of hydrogen-bond donors (Lipinski definition) is 0. The van der Waals surface area contributed by atoms with Crippen LogP contribution in [0, 0.1) is 11.3 Å². The minimum absolute atomic E-state index is 0.288. The van der Waals surface area contributed by atoms with Gasteiger partial charge in [0.1, 0.15) is 0 Å². The van der Waals surface area contributed by atoms with Gasteiger partial charge in [0.25, 0.3) is 0 Å². The van der Waals surface area contributed by atoms with Gasteiger partial charge in [-0.05, 0) is 23.5 Å². The highest BCUT2D eigenvalue weighted by Gasteiger charge is 2.38. The molecule has 1 rings (SSSR count). The molecule has 0 aliphatic rings. The van der Waals surface area contributed by atoms with Crippen molar-refractivity contribution in [3.05, 3.63) is 29.8 Å². The Bertz CT molecular complexity index is 589. The summed E-state index contributed by atoms with van der Waals surface area (Å²) in [6, 6.07) is 4.31. The molecule has 21 heavy (non-hydrogen) atoms. The highest BCUT2D eigenvalue weighted by atomic mass is 79.9. The van der Waals surface area contributed by atoms with Crippen molar-refractivity contribution in [2.75, 3.05) is 11.1 Å². The summed E-state index contributed by atoms with van der Waals surface area (Å²) in [5.74, 6) is -0.613. The Hall–Kier alpha value is -0.560. The second kappa shape index (κ2) is 6.28. The van der Waals surface area contributed by atoms with Crippen LogP contribution in [0.3, 0.4) is 0 Å². The molecule has 0 radical (unpaired) electrons. The van der Waals surface area contributed by atoms with Gasteiger partial charge in [-0.25, -0.2) is 8.42 Å². The molecule has 1 atom stereocenters. The van der Waals surface area contributed by atoms with Crippen LogP contribution in [0.4, 0.5) is 13.2 Å². The first-order valence-electron chi connectivity index (χ1n) is 6.34. The Balaban J connectivity index is 3.27. The third-order valence-corrected chi connectivity index (χ3v) is 6.01. The van der Waals surface area contributed by atoms with Crippen molar-refractivity contribution in [2.45, 2.75) is 31.8 Å². The lowest BCUT2D eigenvalue weighted by Gasteiger charge is -2.29. The van der Waals surface area contributed by atoms with E-state index in [1.807, 2.05) is 20.8 Å². The average molecular weight is 387 g/mol. The lowest BCUT2D eigenvalue weighted by Crippen LogP contribution is -2.30. The van der Waals surface area contributed by atoms with Crippen LogP contribution in [0.2, 0.25) is 0 Å². The number of halogens is 4. The number of alkyl halides is 4. The molecular weight excluding hydrogens is 369 g/mol. The van der Waals surface area contributed by atoms with Crippen molar-refractivity contribution in [1.29, 1.82) is 0 Å². The van der Waals surface area contributed by atoms with Gasteiger partial charge in [0.2, 0.25) is 0 Å². The third kappa shape index (κ3) is 4.71. The van der Waals surface area contributed by atoms with E-state index in [4.69, 9.17) is 0 Å². The molecule has 1 aromatic carbocycles. The summed E-state index contributed by atoms with van der Waals surface area (Å²) in [6.07, 6.45) is -4.69. The summed E-state index contributed by atoms with van der Waals surface area (Å²) in [4.78, 5) is -0.646. The van der Waals surface area contributed by atoms with Gasteiger partial charge in [0, 0.05) is 5.33 Å². The maximum Gasteiger partial charge on any atom is 0.417 e. The quantitative estimate of drug-likeness (QED) is 0.712. The third-order valence-electron chi connectivity index (χ3n) is 3.36. The fourth-order valence-electron chi connectivity index (χ4n) is 1.85. The molecule has 0 amide bonds. The van der Waals surface area contributed by atoms with Gasteiger partial charge in [-0.2, -0.15) is 13.2 Å². The maximum atomic E-state index is 13.0. The van der Waals surface area contributed by atoms with E-state index in [9.17, 15) is 21.6 Å². The van der Waals surface area contributed by atoms with Crippen LogP contribution >= 0.6 is 15.9 Å². The molecule has 0 aliphatic carbocycles. The normalized spacial score (nSPS) is 15.0. The molecule has 7 heteroatoms. The first-order valence-corrected chi connectivity index (χ1v) is 9.12. The summed E-state index contributed by atoms with van der Waals surface area (Å²) >= 11 is 3.25. The number of benzene rings is 1. The van der Waals surface area contributed by atoms with Crippen molar-refractivity contribution in [1.82, 2.24) is 0 Å². The monoisotopic (exact) mass is 386 g/mol. The molecule has 0 N–H and O–H groups in total. The zero-order valence-electron chi connectivity index (χ0n) is 12.0. The zero-order valence-corrected chi connectivity index (χ0v) is 14.4. The Morgan fingerprint density at radius 2 is 1.67 bits per heavy atom. The van der Waals surface area contributed by atoms with Crippen molar-refractivity contribution in [3.8, 4) is 0 Å². The van der Waals surface area contributed by atoms with Crippen LogP contribution in [0.15, 0.2) is 29.2 Å². The number of rotatable bonds is 4. The minimum atomic E-state index is -4.69. The molecule has 2 nitrogen and oxygen atoms in total. The minimum Gasteiger partial charge on any atom is -0.224 e. The Morgan fingerprint density at radius 1 is 1.14 bits per heavy atom. The van der Waals surface area contributed by atoms with E-state index >= 15 is 0 Å². The van der Waals surface area contributed by atoms with Crippen LogP contribution < -0.4 is 0 Å². The van der Waals surface area contributed by atoms with E-state index in [0.29, 0.717) is 5.33 Å². The van der Waals surface area contributed by atoms with Gasteiger partial charge in [-0.3, -0.25) is 0 Å².